The minimum absolute atomic E-state index is 0.823. The average molecular weight is 211 g/mol. The highest BCUT2D eigenvalue weighted by Crippen LogP contribution is 2.22. The molecule has 2 nitrogen and oxygen atoms in total. The van der Waals surface area contributed by atoms with Crippen LogP contribution in [0.3, 0.4) is 0 Å². The third-order valence-electron chi connectivity index (χ3n) is 2.15. The summed E-state index contributed by atoms with van der Waals surface area (Å²) in [5, 5.41) is 2.03. The number of rotatable bonds is 1. The van der Waals surface area contributed by atoms with Crippen molar-refractivity contribution in [3.05, 3.63) is 48.0 Å². The quantitative estimate of drug-likeness (QED) is 0.618. The normalized spacial score (nSPS) is 10.7. The summed E-state index contributed by atoms with van der Waals surface area (Å²) in [5.41, 5.74) is 2.63. The maximum absolute atomic E-state index is 4.51. The molecular formula is C12H7N2S. The summed E-state index contributed by atoms with van der Waals surface area (Å²) in [6, 6.07) is 11.9. The molecule has 0 bridgehead atoms. The molecule has 0 spiro atoms. The van der Waals surface area contributed by atoms with E-state index in [2.05, 4.69) is 16.2 Å². The molecule has 2 heterocycles. The zero-order valence-electron chi connectivity index (χ0n) is 7.84. The molecule has 0 unspecified atom stereocenters. The predicted octanol–water partition coefficient (Wildman–Crippen LogP) is 3.16. The Bertz CT molecular complexity index is 587. The van der Waals surface area contributed by atoms with E-state index in [1.54, 1.807) is 11.3 Å². The maximum Gasteiger partial charge on any atom is 0.119 e. The second kappa shape index (κ2) is 3.44. The van der Waals surface area contributed by atoms with Gasteiger partial charge >= 0.3 is 0 Å². The van der Waals surface area contributed by atoms with Crippen molar-refractivity contribution in [1.29, 1.82) is 0 Å². The van der Waals surface area contributed by atoms with E-state index < -0.39 is 0 Å². The van der Waals surface area contributed by atoms with Crippen LogP contribution in [0.2, 0.25) is 0 Å². The Morgan fingerprint density at radius 3 is 2.67 bits per heavy atom. The highest BCUT2D eigenvalue weighted by Gasteiger charge is 2.02. The van der Waals surface area contributed by atoms with Crippen LogP contribution in [0, 0.1) is 6.20 Å². The SMILES string of the molecule is [c]1nc2ccccc2nc1-c1cccs1. The van der Waals surface area contributed by atoms with Crippen LogP contribution in [-0.4, -0.2) is 9.97 Å². The van der Waals surface area contributed by atoms with E-state index >= 15 is 0 Å². The lowest BCUT2D eigenvalue weighted by Crippen LogP contribution is -1.86. The minimum atomic E-state index is 0.823. The van der Waals surface area contributed by atoms with Crippen LogP contribution >= 0.6 is 11.3 Å². The molecule has 1 aromatic carbocycles. The molecule has 0 N–H and O–H groups in total. The number of hydrogen-bond donors (Lipinski definition) is 0. The first-order chi connectivity index (χ1) is 7.43. The van der Waals surface area contributed by atoms with Crippen LogP contribution in [0.5, 0.6) is 0 Å². The van der Waals surface area contributed by atoms with Crippen molar-refractivity contribution in [2.75, 3.05) is 0 Å². The van der Waals surface area contributed by atoms with Crippen molar-refractivity contribution < 1.29 is 0 Å². The van der Waals surface area contributed by atoms with Crippen LogP contribution in [-0.2, 0) is 0 Å². The van der Waals surface area contributed by atoms with Crippen LogP contribution in [0.4, 0.5) is 0 Å². The fraction of sp³-hybridized carbons (Fsp3) is 0. The van der Waals surface area contributed by atoms with E-state index in [9.17, 15) is 0 Å². The lowest BCUT2D eigenvalue weighted by atomic mass is 10.3. The Morgan fingerprint density at radius 1 is 1.00 bits per heavy atom. The van der Waals surface area contributed by atoms with Gasteiger partial charge in [0.05, 0.1) is 15.9 Å². The van der Waals surface area contributed by atoms with Gasteiger partial charge in [0.25, 0.3) is 0 Å². The Hall–Kier alpha value is -1.74. The van der Waals surface area contributed by atoms with E-state index in [4.69, 9.17) is 0 Å². The van der Waals surface area contributed by atoms with Crippen molar-refractivity contribution >= 4 is 22.4 Å². The first-order valence-electron chi connectivity index (χ1n) is 4.62. The topological polar surface area (TPSA) is 25.8 Å². The predicted molar refractivity (Wildman–Crippen MR) is 61.7 cm³/mol. The fourth-order valence-electron chi connectivity index (χ4n) is 1.44. The van der Waals surface area contributed by atoms with E-state index in [1.807, 2.05) is 41.8 Å². The van der Waals surface area contributed by atoms with Gasteiger partial charge in [-0.05, 0) is 23.6 Å². The van der Waals surface area contributed by atoms with Crippen LogP contribution in [0.25, 0.3) is 21.6 Å². The zero-order chi connectivity index (χ0) is 10.1. The van der Waals surface area contributed by atoms with Gasteiger partial charge in [-0.3, -0.25) is 0 Å². The third-order valence-corrected chi connectivity index (χ3v) is 3.03. The van der Waals surface area contributed by atoms with E-state index in [0.29, 0.717) is 0 Å². The number of aromatic nitrogens is 2. The summed E-state index contributed by atoms with van der Waals surface area (Å²) < 4.78 is 0. The number of nitrogens with zero attached hydrogens (tertiary/aromatic N) is 2. The molecule has 0 aliphatic heterocycles. The van der Waals surface area contributed by atoms with Gasteiger partial charge in [0.1, 0.15) is 11.9 Å². The molecular weight excluding hydrogens is 204 g/mol. The van der Waals surface area contributed by atoms with Crippen LogP contribution < -0.4 is 0 Å². The first kappa shape index (κ1) is 8.56. The van der Waals surface area contributed by atoms with Gasteiger partial charge in [0.2, 0.25) is 0 Å². The summed E-state index contributed by atoms with van der Waals surface area (Å²) in [7, 11) is 0. The van der Waals surface area contributed by atoms with Crippen LogP contribution in [0.15, 0.2) is 41.8 Å². The van der Waals surface area contributed by atoms with E-state index in [0.717, 1.165) is 21.6 Å². The largest absolute Gasteiger partial charge is 0.243 e. The Labute approximate surface area is 91.2 Å². The monoisotopic (exact) mass is 211 g/mol. The smallest absolute Gasteiger partial charge is 0.119 e. The number of fused-ring (bicyclic) bond motifs is 1. The highest BCUT2D eigenvalue weighted by atomic mass is 32.1. The molecule has 15 heavy (non-hydrogen) atoms. The zero-order valence-corrected chi connectivity index (χ0v) is 8.66. The second-order valence-corrected chi connectivity index (χ2v) is 4.10. The molecule has 71 valence electrons. The lowest BCUT2D eigenvalue weighted by molar-refractivity contribution is 1.29. The summed E-state index contributed by atoms with van der Waals surface area (Å²) >= 11 is 1.65. The maximum atomic E-state index is 4.51. The number of hydrogen-bond acceptors (Lipinski definition) is 3. The average Bonchev–Trinajstić information content (AvgIpc) is 2.82. The van der Waals surface area contributed by atoms with Crippen molar-refractivity contribution in [2.45, 2.75) is 0 Å². The Balaban J connectivity index is 2.22. The molecule has 3 aromatic rings. The molecule has 0 amide bonds. The lowest BCUT2D eigenvalue weighted by Gasteiger charge is -1.98. The minimum Gasteiger partial charge on any atom is -0.243 e. The number of benzene rings is 1. The highest BCUT2D eigenvalue weighted by molar-refractivity contribution is 7.13. The van der Waals surface area contributed by atoms with Crippen LogP contribution in [0.1, 0.15) is 0 Å². The molecule has 2 aromatic heterocycles. The van der Waals surface area contributed by atoms with Gasteiger partial charge in [-0.2, -0.15) is 0 Å². The summed E-state index contributed by atoms with van der Waals surface area (Å²) in [5.74, 6) is 0. The summed E-state index contributed by atoms with van der Waals surface area (Å²) in [6.45, 7) is 0. The molecule has 1 radical (unpaired) electrons. The summed E-state index contributed by atoms with van der Waals surface area (Å²) in [4.78, 5) is 9.87. The van der Waals surface area contributed by atoms with E-state index in [1.165, 1.54) is 0 Å². The van der Waals surface area contributed by atoms with Gasteiger partial charge < -0.3 is 0 Å². The first-order valence-corrected chi connectivity index (χ1v) is 5.50. The van der Waals surface area contributed by atoms with Gasteiger partial charge in [0, 0.05) is 0 Å². The third kappa shape index (κ3) is 1.51. The van der Waals surface area contributed by atoms with Gasteiger partial charge in [-0.15, -0.1) is 11.3 Å². The van der Waals surface area contributed by atoms with Crippen molar-refractivity contribution in [3.8, 4) is 10.6 Å². The second-order valence-electron chi connectivity index (χ2n) is 3.15. The molecule has 0 aliphatic carbocycles. The fourth-order valence-corrected chi connectivity index (χ4v) is 2.10. The van der Waals surface area contributed by atoms with Gasteiger partial charge in [0.15, 0.2) is 0 Å². The molecule has 3 heteroatoms. The van der Waals surface area contributed by atoms with Crippen molar-refractivity contribution in [1.82, 2.24) is 9.97 Å². The molecule has 0 fully saturated rings. The number of para-hydroxylation sites is 2. The van der Waals surface area contributed by atoms with Crippen molar-refractivity contribution in [2.24, 2.45) is 0 Å². The van der Waals surface area contributed by atoms with Gasteiger partial charge in [-0.25, -0.2) is 9.97 Å². The number of thiophene rings is 1. The molecule has 0 aliphatic rings. The van der Waals surface area contributed by atoms with Gasteiger partial charge in [-0.1, -0.05) is 18.2 Å². The standard InChI is InChI=1S/C12H7N2S/c1-2-5-10-9(4-1)13-8-11(14-10)12-6-3-7-15-12/h1-7H. The Kier molecular flexibility index (Phi) is 1.96. The summed E-state index contributed by atoms with van der Waals surface area (Å²) in [6.07, 6.45) is 2.96. The molecule has 3 rings (SSSR count). The molecule has 0 saturated heterocycles. The Morgan fingerprint density at radius 2 is 1.87 bits per heavy atom. The van der Waals surface area contributed by atoms with Crippen molar-refractivity contribution in [3.63, 3.8) is 0 Å². The molecule has 0 saturated carbocycles. The molecule has 0 atom stereocenters. The van der Waals surface area contributed by atoms with E-state index in [-0.39, 0.29) is 0 Å².